The molecule has 0 aromatic carbocycles. The molecule has 0 bridgehead atoms. The van der Waals surface area contributed by atoms with Gasteiger partial charge in [-0.1, -0.05) is 0 Å². The van der Waals surface area contributed by atoms with Crippen LogP contribution in [0.1, 0.15) is 6.23 Å². The number of imidazole rings is 1. The van der Waals surface area contributed by atoms with E-state index >= 15 is 0 Å². The molecule has 1 fully saturated rings. The number of rotatable bonds is 4. The van der Waals surface area contributed by atoms with Crippen LogP contribution < -0.4 is 74.6 Å². The third-order valence-corrected chi connectivity index (χ3v) is 3.68. The van der Waals surface area contributed by atoms with Crippen LogP contribution in [0, 0.1) is 0 Å². The van der Waals surface area contributed by atoms with Crippen molar-refractivity contribution in [2.75, 3.05) is 18.7 Å². The van der Waals surface area contributed by atoms with E-state index in [9.17, 15) is 19.5 Å². The number of aliphatic hydroxyl groups is 1. The molecule has 3 N–H and O–H groups in total. The van der Waals surface area contributed by atoms with Crippen LogP contribution in [0.4, 0.5) is 5.82 Å². The van der Waals surface area contributed by atoms with E-state index in [4.69, 9.17) is 15.2 Å². The van der Waals surface area contributed by atoms with Crippen molar-refractivity contribution >= 4 is 24.6 Å². The molecule has 0 spiro atoms. The number of hydrogen-bond donors (Lipinski definition) is 2. The third kappa shape index (κ3) is 4.76. The second-order valence-corrected chi connectivity index (χ2v) is 6.22. The first-order valence-corrected chi connectivity index (χ1v) is 7.95. The van der Waals surface area contributed by atoms with Gasteiger partial charge in [-0.15, -0.1) is 0 Å². The van der Waals surface area contributed by atoms with Gasteiger partial charge in [-0.05, 0) is 7.60 Å². The Hall–Kier alpha value is 0.380. The summed E-state index contributed by atoms with van der Waals surface area (Å²) in [5.41, 5.74) is 6.38. The SMILES string of the molecule is Nc1ncnc2c1ncn2[C@@H]1OC[C@H](OCP(=O)([O-])[O-])[C@H]1O.[Na+].[Na+]. The van der Waals surface area contributed by atoms with Crippen molar-refractivity contribution in [2.24, 2.45) is 0 Å². The van der Waals surface area contributed by atoms with E-state index < -0.39 is 32.4 Å². The van der Waals surface area contributed by atoms with Gasteiger partial charge in [0.05, 0.1) is 19.3 Å². The van der Waals surface area contributed by atoms with Crippen molar-refractivity contribution in [3.63, 3.8) is 0 Å². The predicted molar refractivity (Wildman–Crippen MR) is 68.1 cm³/mol. The first-order chi connectivity index (χ1) is 10.4. The molecule has 24 heavy (non-hydrogen) atoms. The van der Waals surface area contributed by atoms with E-state index in [2.05, 4.69) is 15.0 Å². The zero-order valence-corrected chi connectivity index (χ0v) is 18.0. The molecule has 1 aliphatic heterocycles. The molecule has 0 saturated carbocycles. The van der Waals surface area contributed by atoms with Crippen molar-refractivity contribution in [3.05, 3.63) is 12.7 Å². The summed E-state index contributed by atoms with van der Waals surface area (Å²) in [6.07, 6.45) is -1.42. The van der Waals surface area contributed by atoms with E-state index in [-0.39, 0.29) is 71.5 Å². The van der Waals surface area contributed by atoms with Gasteiger partial charge < -0.3 is 34.7 Å². The Morgan fingerprint density at radius 2 is 2.12 bits per heavy atom. The zero-order chi connectivity index (χ0) is 15.9. The minimum atomic E-state index is -4.82. The molecule has 120 valence electrons. The number of ether oxygens (including phenoxy) is 2. The van der Waals surface area contributed by atoms with Gasteiger partial charge in [-0.3, -0.25) is 4.57 Å². The van der Waals surface area contributed by atoms with Crippen molar-refractivity contribution in [2.45, 2.75) is 18.4 Å². The average Bonchev–Trinajstić information content (AvgIpc) is 3.00. The maximum atomic E-state index is 10.6. The summed E-state index contributed by atoms with van der Waals surface area (Å²) >= 11 is 0. The number of fused-ring (bicyclic) bond motifs is 1. The van der Waals surface area contributed by atoms with Gasteiger partial charge >= 0.3 is 59.1 Å². The Kier molecular flexibility index (Phi) is 8.27. The number of nitrogens with zero attached hydrogens (tertiary/aromatic N) is 4. The topological polar surface area (TPSA) is 172 Å². The van der Waals surface area contributed by atoms with Gasteiger partial charge in [0.25, 0.3) is 0 Å². The van der Waals surface area contributed by atoms with Crippen LogP contribution >= 0.6 is 7.60 Å². The van der Waals surface area contributed by atoms with E-state index in [1.807, 2.05) is 0 Å². The van der Waals surface area contributed by atoms with Crippen LogP contribution in [0.2, 0.25) is 0 Å². The molecular weight excluding hydrogens is 363 g/mol. The van der Waals surface area contributed by atoms with E-state index in [0.29, 0.717) is 11.2 Å². The smallest absolute Gasteiger partial charge is 0.809 e. The largest absolute Gasteiger partial charge is 1.00 e. The summed E-state index contributed by atoms with van der Waals surface area (Å²) in [6, 6.07) is 0. The fourth-order valence-corrected chi connectivity index (χ4v) is 2.58. The molecule has 0 unspecified atom stereocenters. The molecule has 2 aromatic rings. The van der Waals surface area contributed by atoms with E-state index in [0.717, 1.165) is 0 Å². The monoisotopic (exact) mass is 375 g/mol. The zero-order valence-electron chi connectivity index (χ0n) is 13.1. The molecule has 3 atom stereocenters. The van der Waals surface area contributed by atoms with Gasteiger partial charge in [0.2, 0.25) is 0 Å². The quantitative estimate of drug-likeness (QED) is 0.386. The Bertz CT molecular complexity index is 742. The normalized spacial score (nSPS) is 23.7. The maximum absolute atomic E-state index is 10.6. The molecule has 1 saturated heterocycles. The molecule has 3 rings (SSSR count). The number of hydrogen-bond acceptors (Lipinski definition) is 10. The van der Waals surface area contributed by atoms with Crippen LogP contribution in [0.25, 0.3) is 11.2 Å². The van der Waals surface area contributed by atoms with Gasteiger partial charge in [0.15, 0.2) is 17.7 Å². The summed E-state index contributed by atoms with van der Waals surface area (Å²) in [7, 11) is -4.82. The summed E-state index contributed by atoms with van der Waals surface area (Å²) < 4.78 is 22.3. The van der Waals surface area contributed by atoms with Crippen LogP contribution in [0.5, 0.6) is 0 Å². The molecular formula is C10H12N5Na2O6P. The Morgan fingerprint density at radius 3 is 2.79 bits per heavy atom. The number of nitrogens with two attached hydrogens (primary N) is 1. The summed E-state index contributed by atoms with van der Waals surface area (Å²) in [5, 5.41) is 10.2. The van der Waals surface area contributed by atoms with E-state index in [1.165, 1.54) is 17.2 Å². The predicted octanol–water partition coefficient (Wildman–Crippen LogP) is -8.44. The van der Waals surface area contributed by atoms with Crippen molar-refractivity contribution in [3.8, 4) is 0 Å². The summed E-state index contributed by atoms with van der Waals surface area (Å²) in [4.78, 5) is 33.1. The van der Waals surface area contributed by atoms with Crippen molar-refractivity contribution in [1.82, 2.24) is 19.5 Å². The number of aliphatic hydroxyl groups excluding tert-OH is 1. The molecule has 0 aliphatic carbocycles. The van der Waals surface area contributed by atoms with Crippen LogP contribution in [0.15, 0.2) is 12.7 Å². The van der Waals surface area contributed by atoms with Gasteiger partial charge in [-0.2, -0.15) is 0 Å². The van der Waals surface area contributed by atoms with Crippen molar-refractivity contribution in [1.29, 1.82) is 0 Å². The standard InChI is InChI=1S/C10H14N5O6P.2Na/c11-8-6-9(13-2-12-8)15(3-14-6)10-7(16)5(1-20-10)21-4-22(17,18)19;;/h2-3,5,7,10,16H,1,4H2,(H2,11,12,13)(H2,17,18,19);;/q;2*+1/p-2/t5-,7+,10+;;/m0../s1. The van der Waals surface area contributed by atoms with Crippen LogP contribution in [-0.4, -0.2) is 49.8 Å². The average molecular weight is 375 g/mol. The molecule has 3 heterocycles. The van der Waals surface area contributed by atoms with Crippen LogP contribution in [-0.2, 0) is 14.0 Å². The maximum Gasteiger partial charge on any atom is 1.00 e. The Morgan fingerprint density at radius 1 is 1.42 bits per heavy atom. The second-order valence-electron chi connectivity index (χ2n) is 4.74. The Balaban J connectivity index is 0.00000144. The molecule has 0 radical (unpaired) electrons. The fraction of sp³-hybridized carbons (Fsp3) is 0.500. The fourth-order valence-electron chi connectivity index (χ4n) is 2.21. The summed E-state index contributed by atoms with van der Waals surface area (Å²) in [6.45, 7) is -0.0773. The van der Waals surface area contributed by atoms with Gasteiger partial charge in [0.1, 0.15) is 24.1 Å². The number of nitrogen functional groups attached to an aromatic ring is 1. The minimum Gasteiger partial charge on any atom is -0.809 e. The first-order valence-electron chi connectivity index (χ1n) is 6.22. The molecule has 14 heteroatoms. The van der Waals surface area contributed by atoms with Crippen LogP contribution in [0.3, 0.4) is 0 Å². The second kappa shape index (κ2) is 8.85. The number of aromatic nitrogens is 4. The summed E-state index contributed by atoms with van der Waals surface area (Å²) in [5.74, 6) is 0.183. The number of anilines is 1. The molecule has 0 amide bonds. The molecule has 2 aromatic heterocycles. The third-order valence-electron chi connectivity index (χ3n) is 3.21. The van der Waals surface area contributed by atoms with Gasteiger partial charge in [0, 0.05) is 0 Å². The molecule has 11 nitrogen and oxygen atoms in total. The van der Waals surface area contributed by atoms with E-state index in [1.54, 1.807) is 0 Å². The first kappa shape index (κ1) is 22.4. The van der Waals surface area contributed by atoms with Gasteiger partial charge in [-0.25, -0.2) is 15.0 Å². The minimum absolute atomic E-state index is 0. The Labute approximate surface area is 180 Å². The van der Waals surface area contributed by atoms with Crippen molar-refractivity contribution < 1.29 is 88.0 Å². The molecule has 1 aliphatic rings.